The maximum Gasteiger partial charge on any atom is 0.326 e. The van der Waals surface area contributed by atoms with E-state index in [0.717, 1.165) is 6.07 Å². The Kier molecular flexibility index (Phi) is 4.05. The SMILES string of the molecule is CC(C(=O)O)N(C)c1cc(C(N)=O)ccc1[N+](=O)[O-]. The number of benzene rings is 1. The summed E-state index contributed by atoms with van der Waals surface area (Å²) < 4.78 is 0. The van der Waals surface area contributed by atoms with Gasteiger partial charge in [0.05, 0.1) is 4.92 Å². The summed E-state index contributed by atoms with van der Waals surface area (Å²) in [5.41, 5.74) is 4.91. The summed E-state index contributed by atoms with van der Waals surface area (Å²) in [6, 6.07) is 2.57. The van der Waals surface area contributed by atoms with Gasteiger partial charge < -0.3 is 15.7 Å². The molecule has 102 valence electrons. The number of nitro benzene ring substituents is 1. The average molecular weight is 267 g/mol. The van der Waals surface area contributed by atoms with E-state index in [-0.39, 0.29) is 16.9 Å². The quantitative estimate of drug-likeness (QED) is 0.594. The van der Waals surface area contributed by atoms with Gasteiger partial charge in [0.15, 0.2) is 0 Å². The zero-order valence-corrected chi connectivity index (χ0v) is 10.4. The molecule has 1 aromatic carbocycles. The molecule has 1 atom stereocenters. The van der Waals surface area contributed by atoms with Crippen LogP contribution in [0.15, 0.2) is 18.2 Å². The average Bonchev–Trinajstić information content (AvgIpc) is 2.35. The minimum Gasteiger partial charge on any atom is -0.480 e. The number of carboxylic acid groups (broad SMARTS) is 1. The van der Waals surface area contributed by atoms with Crippen LogP contribution in [0.5, 0.6) is 0 Å². The highest BCUT2D eigenvalue weighted by molar-refractivity contribution is 5.95. The third kappa shape index (κ3) is 2.97. The van der Waals surface area contributed by atoms with Gasteiger partial charge in [0, 0.05) is 18.7 Å². The van der Waals surface area contributed by atoms with E-state index in [0.29, 0.717) is 0 Å². The van der Waals surface area contributed by atoms with Crippen LogP contribution in [-0.4, -0.2) is 35.0 Å². The van der Waals surface area contributed by atoms with E-state index in [2.05, 4.69) is 0 Å². The van der Waals surface area contributed by atoms with Gasteiger partial charge in [-0.05, 0) is 19.1 Å². The molecule has 0 saturated heterocycles. The van der Waals surface area contributed by atoms with Crippen LogP contribution >= 0.6 is 0 Å². The lowest BCUT2D eigenvalue weighted by Crippen LogP contribution is -2.36. The highest BCUT2D eigenvalue weighted by Gasteiger charge is 2.25. The molecule has 0 aliphatic rings. The molecule has 1 aromatic rings. The van der Waals surface area contributed by atoms with E-state index in [9.17, 15) is 19.7 Å². The first-order valence-electron chi connectivity index (χ1n) is 5.29. The summed E-state index contributed by atoms with van der Waals surface area (Å²) >= 11 is 0. The van der Waals surface area contributed by atoms with Gasteiger partial charge in [-0.1, -0.05) is 0 Å². The highest BCUT2D eigenvalue weighted by Crippen LogP contribution is 2.29. The molecule has 0 heterocycles. The number of primary amides is 1. The van der Waals surface area contributed by atoms with E-state index < -0.39 is 22.8 Å². The van der Waals surface area contributed by atoms with Crippen molar-refractivity contribution in [3.63, 3.8) is 0 Å². The van der Waals surface area contributed by atoms with E-state index in [1.807, 2.05) is 0 Å². The number of rotatable bonds is 5. The molecule has 0 saturated carbocycles. The molecule has 0 aliphatic heterocycles. The summed E-state index contributed by atoms with van der Waals surface area (Å²) in [6.07, 6.45) is 0. The molecule has 1 unspecified atom stereocenters. The number of hydrogen-bond acceptors (Lipinski definition) is 5. The summed E-state index contributed by atoms with van der Waals surface area (Å²) in [7, 11) is 1.39. The van der Waals surface area contributed by atoms with Gasteiger partial charge in [0.25, 0.3) is 5.69 Å². The Bertz CT molecular complexity index is 543. The molecule has 0 radical (unpaired) electrons. The lowest BCUT2D eigenvalue weighted by molar-refractivity contribution is -0.384. The Morgan fingerprint density at radius 1 is 1.47 bits per heavy atom. The van der Waals surface area contributed by atoms with Gasteiger partial charge in [-0.25, -0.2) is 4.79 Å². The minimum atomic E-state index is -1.14. The van der Waals surface area contributed by atoms with Crippen LogP contribution in [-0.2, 0) is 4.79 Å². The number of amides is 1. The molecule has 0 aliphatic carbocycles. The fourth-order valence-electron chi connectivity index (χ4n) is 1.49. The van der Waals surface area contributed by atoms with Crippen molar-refractivity contribution in [1.29, 1.82) is 0 Å². The van der Waals surface area contributed by atoms with Crippen LogP contribution in [0.3, 0.4) is 0 Å². The fourth-order valence-corrected chi connectivity index (χ4v) is 1.49. The van der Waals surface area contributed by atoms with Gasteiger partial charge in [-0.3, -0.25) is 14.9 Å². The third-order valence-corrected chi connectivity index (χ3v) is 2.77. The first-order chi connectivity index (χ1) is 8.75. The molecule has 8 heteroatoms. The minimum absolute atomic E-state index is 0.0243. The molecule has 0 spiro atoms. The van der Waals surface area contributed by atoms with Crippen molar-refractivity contribution in [3.05, 3.63) is 33.9 Å². The molecule has 1 amide bonds. The third-order valence-electron chi connectivity index (χ3n) is 2.77. The number of hydrogen-bond donors (Lipinski definition) is 2. The summed E-state index contributed by atoms with van der Waals surface area (Å²) in [6.45, 7) is 1.38. The second-order valence-corrected chi connectivity index (χ2v) is 3.95. The summed E-state index contributed by atoms with van der Waals surface area (Å²) in [5.74, 6) is -1.88. The van der Waals surface area contributed by atoms with Crippen LogP contribution in [0.2, 0.25) is 0 Å². The van der Waals surface area contributed by atoms with Crippen LogP contribution in [0.1, 0.15) is 17.3 Å². The lowest BCUT2D eigenvalue weighted by Gasteiger charge is -2.23. The maximum absolute atomic E-state index is 11.1. The first kappa shape index (κ1) is 14.4. The van der Waals surface area contributed by atoms with Crippen molar-refractivity contribution < 1.29 is 19.6 Å². The molecule has 0 fully saturated rings. The molecule has 3 N–H and O–H groups in total. The van der Waals surface area contributed by atoms with Crippen molar-refractivity contribution in [2.24, 2.45) is 5.73 Å². The zero-order valence-electron chi connectivity index (χ0n) is 10.4. The monoisotopic (exact) mass is 267 g/mol. The number of carbonyl (C=O) groups excluding carboxylic acids is 1. The van der Waals surface area contributed by atoms with E-state index in [4.69, 9.17) is 10.8 Å². The van der Waals surface area contributed by atoms with Crippen molar-refractivity contribution >= 4 is 23.3 Å². The number of nitrogens with two attached hydrogens (primary N) is 1. The molecule has 0 aromatic heterocycles. The van der Waals surface area contributed by atoms with Crippen LogP contribution in [0.4, 0.5) is 11.4 Å². The van der Waals surface area contributed by atoms with Crippen molar-refractivity contribution in [2.45, 2.75) is 13.0 Å². The smallest absolute Gasteiger partial charge is 0.326 e. The maximum atomic E-state index is 11.1. The number of likely N-dealkylation sites (N-methyl/N-ethyl adjacent to an activating group) is 1. The lowest BCUT2D eigenvalue weighted by atomic mass is 10.1. The largest absolute Gasteiger partial charge is 0.480 e. The van der Waals surface area contributed by atoms with Gasteiger partial charge in [-0.2, -0.15) is 0 Å². The second-order valence-electron chi connectivity index (χ2n) is 3.95. The van der Waals surface area contributed by atoms with Gasteiger partial charge >= 0.3 is 5.97 Å². The van der Waals surface area contributed by atoms with Crippen molar-refractivity contribution in [2.75, 3.05) is 11.9 Å². The number of carboxylic acids is 1. The van der Waals surface area contributed by atoms with Crippen LogP contribution < -0.4 is 10.6 Å². The Labute approximate surface area is 108 Å². The van der Waals surface area contributed by atoms with Crippen LogP contribution in [0, 0.1) is 10.1 Å². The fraction of sp³-hybridized carbons (Fsp3) is 0.273. The molecule has 0 bridgehead atoms. The number of carbonyl (C=O) groups is 2. The number of nitro groups is 1. The Balaban J connectivity index is 3.36. The number of nitrogens with zero attached hydrogens (tertiary/aromatic N) is 2. The predicted octanol–water partition coefficient (Wildman–Crippen LogP) is 0.603. The number of aliphatic carboxylic acids is 1. The topological polar surface area (TPSA) is 127 Å². The van der Waals surface area contributed by atoms with Gasteiger partial charge in [0.2, 0.25) is 5.91 Å². The van der Waals surface area contributed by atoms with E-state index in [1.54, 1.807) is 0 Å². The molecular formula is C11H13N3O5. The standard InChI is InChI=1S/C11H13N3O5/c1-6(11(16)17)13(2)9-5-7(10(12)15)3-4-8(9)14(18)19/h3-6H,1-2H3,(H2,12,15)(H,16,17). The highest BCUT2D eigenvalue weighted by atomic mass is 16.6. The van der Waals surface area contributed by atoms with Crippen molar-refractivity contribution in [1.82, 2.24) is 0 Å². The molecule has 1 rings (SSSR count). The first-order valence-corrected chi connectivity index (χ1v) is 5.29. The van der Waals surface area contributed by atoms with Crippen LogP contribution in [0.25, 0.3) is 0 Å². The Hall–Kier alpha value is -2.64. The Morgan fingerprint density at radius 2 is 2.05 bits per heavy atom. The number of anilines is 1. The second kappa shape index (κ2) is 5.34. The van der Waals surface area contributed by atoms with E-state index >= 15 is 0 Å². The summed E-state index contributed by atoms with van der Waals surface area (Å²) in [4.78, 5) is 33.5. The molecular weight excluding hydrogens is 254 g/mol. The predicted molar refractivity (Wildman–Crippen MR) is 67.1 cm³/mol. The van der Waals surface area contributed by atoms with Gasteiger partial charge in [0.1, 0.15) is 11.7 Å². The molecule has 19 heavy (non-hydrogen) atoms. The normalized spacial score (nSPS) is 11.7. The Morgan fingerprint density at radius 3 is 2.47 bits per heavy atom. The van der Waals surface area contributed by atoms with Crippen molar-refractivity contribution in [3.8, 4) is 0 Å². The van der Waals surface area contributed by atoms with Gasteiger partial charge in [-0.15, -0.1) is 0 Å². The summed E-state index contributed by atoms with van der Waals surface area (Å²) in [5, 5.41) is 19.8. The zero-order chi connectivity index (χ0) is 14.7. The molecule has 8 nitrogen and oxygen atoms in total. The van der Waals surface area contributed by atoms with E-state index in [1.165, 1.54) is 31.0 Å².